The van der Waals surface area contributed by atoms with Crippen LogP contribution in [0.1, 0.15) is 193 Å². The van der Waals surface area contributed by atoms with Crippen molar-refractivity contribution in [2.75, 3.05) is 61.4 Å². The molecule has 46 heteroatoms. The number of hydrogen-bond acceptors (Lipinski definition) is 25. The molecule has 7 heterocycles. The lowest BCUT2D eigenvalue weighted by molar-refractivity contribution is 0.0764. The summed E-state index contributed by atoms with van der Waals surface area (Å²) in [5.74, 6) is -0.999. The zero-order valence-electron chi connectivity index (χ0n) is 76.1. The fraction of sp³-hybridized carbons (Fsp3) is 0.404. The maximum Gasteiger partial charge on any atom is 0.333 e. The third-order valence-electron chi connectivity index (χ3n) is 25.4. The predicted molar refractivity (Wildman–Crippen MR) is 502 cm³/mol. The first-order valence-corrected chi connectivity index (χ1v) is 51.9. The zero-order chi connectivity index (χ0) is 96.0. The minimum Gasteiger partial charge on any atom is -0.343 e. The molecule has 0 bridgehead atoms. The van der Waals surface area contributed by atoms with Gasteiger partial charge in [-0.3, -0.25) is 42.8 Å². The van der Waals surface area contributed by atoms with Crippen LogP contribution in [0.25, 0.3) is 0 Å². The Bertz CT molecular complexity index is 6960. The predicted octanol–water partition coefficient (Wildman–Crippen LogP) is 8.80. The molecule has 712 valence electrons. The number of carbonyl (C=O) groups excluding carboxylic acids is 8. The van der Waals surface area contributed by atoms with Crippen LogP contribution in [0.2, 0.25) is 0 Å². The Morgan fingerprint density at radius 2 is 0.607 bits per heavy atom. The molecule has 0 unspecified atom stereocenters. The summed E-state index contributed by atoms with van der Waals surface area (Å²) in [7, 11) is -1.52. The van der Waals surface area contributed by atoms with Crippen LogP contribution in [0.3, 0.4) is 0 Å². The number of carbonyl (C=O) groups is 8. The van der Waals surface area contributed by atoms with Gasteiger partial charge < -0.3 is 40.5 Å². The summed E-state index contributed by atoms with van der Waals surface area (Å²) < 4.78 is 118. The van der Waals surface area contributed by atoms with Crippen LogP contribution in [0.4, 0.5) is 47.1 Å². The highest BCUT2D eigenvalue weighted by Gasteiger charge is 2.37. The van der Waals surface area contributed by atoms with Crippen LogP contribution in [0, 0.1) is 0 Å². The van der Waals surface area contributed by atoms with E-state index in [4.69, 9.17) is 0 Å². The number of hydrogen-bond donors (Lipinski definition) is 8. The normalized spacial score (nSPS) is 14.6. The molecule has 8 aliphatic rings. The van der Waals surface area contributed by atoms with E-state index in [-0.39, 0.29) is 46.8 Å². The Hall–Kier alpha value is -13.1. The topological polar surface area (TPSA) is 497 Å². The van der Waals surface area contributed by atoms with Gasteiger partial charge in [0.2, 0.25) is 0 Å². The van der Waals surface area contributed by atoms with E-state index in [2.05, 4.69) is 95.0 Å². The second kappa shape index (κ2) is 38.7. The molecule has 40 nitrogen and oxygen atoms in total. The summed E-state index contributed by atoms with van der Waals surface area (Å²) in [4.78, 5) is 120. The number of rotatable bonds is 21. The molecule has 0 atom stereocenters. The largest absolute Gasteiger partial charge is 0.343 e. The number of urea groups is 4. The molecular weight excluding hydrogens is 1850 g/mol. The maximum absolute atomic E-state index is 13.0. The minimum atomic E-state index is -4.31. The van der Waals surface area contributed by atoms with Crippen molar-refractivity contribution in [3.8, 4) is 0 Å². The number of sulfonamides is 4. The second-order valence-corrected chi connectivity index (χ2v) is 43.1. The lowest BCUT2D eigenvalue weighted by Gasteiger charge is -2.16. The molecule has 0 saturated carbocycles. The van der Waals surface area contributed by atoms with Crippen LogP contribution < -0.4 is 45.1 Å². The number of anilines is 5. The van der Waals surface area contributed by atoms with Crippen molar-refractivity contribution in [2.24, 2.45) is 35.2 Å². The number of aryl methyl sites for hydroxylation is 13. The van der Waals surface area contributed by atoms with Crippen LogP contribution in [-0.4, -0.2) is 190 Å². The molecule has 4 aromatic carbocycles. The van der Waals surface area contributed by atoms with Crippen molar-refractivity contribution >= 4 is 138 Å². The summed E-state index contributed by atoms with van der Waals surface area (Å²) in [5.41, 5.74) is 22.0. The number of nitrogens with one attached hydrogen (secondary N) is 8. The lowest BCUT2D eigenvalue weighted by atomic mass is 9.99. The number of aromatic nitrogens is 12. The van der Waals surface area contributed by atoms with Crippen molar-refractivity contribution < 1.29 is 72.0 Å². The number of imidazole rings is 1. The third-order valence-corrected chi connectivity index (χ3v) is 31.9. The standard InChI is InChI=1S/C24H29N7O4S.C23H26N6O4S2.C22H24N6O4S2.C20H25N5O4S/c1-29-11-10-25-20(29)14-30(2)23(32)19-13-21(27-31(19)3)36(34,35)28-24(33)26-22-17-8-4-6-15(17)12-16-7-5-9-18(16)22;1-28(13-19-24-9-10-34-19)22(30)18-12-20(26-29(18)2)35(32,33)27-23(31)25-21-16-7-3-5-14(16)11-15-6-4-8-17(15)21;1-27(22-23-9-10-33-22)20(29)17-12-18(25-28(17)2)34(31,32)26-21(30)24-19-15-7-3-5-13(15)11-14-6-4-8-16(14)19;1-24(2)19(26)16-11-17(22-25(16)3)30(28,29)23-20(27)21-18-14-8-4-6-12(14)10-13-7-5-9-15(13)18/h10-13H,4-9,14H2,1-3H3,(H2,26,28,33);9-12H,3-8,13H2,1-2H3,(H2,25,27,31);9-12H,3-8H2,1-2H3,(H2,24,26,30);10-11H,4-9H2,1-3H3,(H2,21,23,27). The number of amides is 12. The zero-order valence-corrected chi connectivity index (χ0v) is 81.0. The molecule has 19 rings (SSSR count). The number of thiazole rings is 2. The first-order chi connectivity index (χ1) is 64.3. The van der Waals surface area contributed by atoms with Crippen molar-refractivity contribution in [1.29, 1.82) is 0 Å². The van der Waals surface area contributed by atoms with Crippen molar-refractivity contribution in [3.63, 3.8) is 0 Å². The van der Waals surface area contributed by atoms with E-state index in [1.807, 2.05) is 17.1 Å². The van der Waals surface area contributed by atoms with E-state index in [1.54, 1.807) is 70.0 Å². The van der Waals surface area contributed by atoms with Gasteiger partial charge in [-0.05, 0) is 243 Å². The van der Waals surface area contributed by atoms with Gasteiger partial charge in [-0.1, -0.05) is 24.3 Å². The summed E-state index contributed by atoms with van der Waals surface area (Å²) >= 11 is 2.70. The number of nitrogens with zero attached hydrogens (tertiary/aromatic N) is 16. The van der Waals surface area contributed by atoms with Crippen molar-refractivity contribution in [3.05, 3.63) is 207 Å². The van der Waals surface area contributed by atoms with Gasteiger partial charge in [-0.25, -0.2) is 53.0 Å². The Balaban J connectivity index is 0.000000131. The third kappa shape index (κ3) is 20.2. The van der Waals surface area contributed by atoms with Gasteiger partial charge in [0, 0.05) is 153 Å². The van der Waals surface area contributed by atoms with Crippen LogP contribution in [0.15, 0.2) is 104 Å². The van der Waals surface area contributed by atoms with Crippen LogP contribution in [0.5, 0.6) is 0 Å². The Morgan fingerprint density at radius 1 is 0.333 bits per heavy atom. The molecule has 135 heavy (non-hydrogen) atoms. The van der Waals surface area contributed by atoms with Gasteiger partial charge in [0.15, 0.2) is 25.2 Å². The fourth-order valence-corrected chi connectivity index (χ4v) is 23.8. The number of benzene rings is 4. The maximum atomic E-state index is 13.0. The molecule has 0 radical (unpaired) electrons. The Kier molecular flexibility index (Phi) is 27.3. The first kappa shape index (κ1) is 95.1. The highest BCUT2D eigenvalue weighted by atomic mass is 32.2. The summed E-state index contributed by atoms with van der Waals surface area (Å²) in [5, 5.41) is 30.2. The molecule has 0 aliphatic heterocycles. The smallest absolute Gasteiger partial charge is 0.333 e. The van der Waals surface area contributed by atoms with Gasteiger partial charge in [0.25, 0.3) is 63.7 Å². The van der Waals surface area contributed by atoms with E-state index in [0.29, 0.717) is 11.0 Å². The van der Waals surface area contributed by atoms with E-state index in [9.17, 15) is 72.0 Å². The van der Waals surface area contributed by atoms with Crippen LogP contribution >= 0.6 is 22.7 Å². The van der Waals surface area contributed by atoms with E-state index >= 15 is 0 Å². The van der Waals surface area contributed by atoms with Gasteiger partial charge >= 0.3 is 24.1 Å². The summed E-state index contributed by atoms with van der Waals surface area (Å²) in [6.07, 6.45) is 29.5. The molecule has 8 aliphatic carbocycles. The fourth-order valence-electron chi connectivity index (χ4n) is 18.9. The minimum absolute atomic E-state index is 0.0529. The average Bonchev–Trinajstić information content (AvgIpc) is 1.61. The van der Waals surface area contributed by atoms with E-state index in [0.717, 1.165) is 238 Å². The molecule has 12 amide bonds. The molecule has 8 N–H and O–H groups in total. The molecule has 0 saturated heterocycles. The number of fused-ring (bicyclic) bond motifs is 8. The van der Waals surface area contributed by atoms with Gasteiger partial charge in [-0.15, -0.1) is 22.7 Å². The monoisotopic (exact) mass is 1960 g/mol. The lowest BCUT2D eigenvalue weighted by Crippen LogP contribution is -2.35. The second-order valence-electron chi connectivity index (χ2n) is 34.7. The summed E-state index contributed by atoms with van der Waals surface area (Å²) in [6.45, 7) is 0.526. The van der Waals surface area contributed by atoms with Crippen molar-refractivity contribution in [2.45, 2.75) is 187 Å². The Labute approximate surface area is 788 Å². The molecule has 0 fully saturated rings. The SMILES string of the molecule is CN(C(=O)c1cc(S(=O)(=O)NC(=O)Nc2c3c(cc4c2CCC4)CCC3)nn1C)c1nccs1.CN(C)C(=O)c1cc(S(=O)(=O)NC(=O)Nc2c3c(cc4c2CCC4)CCC3)nn1C.CN(Cc1nccn1C)C(=O)c1cc(S(=O)(=O)NC(=O)Nc2c3c(cc4c2CCC4)CCC3)nn1C.CN(Cc1nccs1)C(=O)c1cc(S(=O)(=O)NC(=O)Nc2c3c(cc4c2CCC4)CCC3)nn1C. The van der Waals surface area contributed by atoms with E-state index < -0.39 is 97.0 Å². The molecule has 0 spiro atoms. The Morgan fingerprint density at radius 3 is 0.867 bits per heavy atom. The van der Waals surface area contributed by atoms with Gasteiger partial charge in [-0.2, -0.15) is 54.1 Å². The molecule has 11 aromatic rings. The average molecular weight is 1960 g/mol. The van der Waals surface area contributed by atoms with Crippen LogP contribution in [-0.2, 0) is 191 Å². The van der Waals surface area contributed by atoms with Crippen molar-refractivity contribution in [1.82, 2.24) is 92.2 Å². The van der Waals surface area contributed by atoms with Gasteiger partial charge in [0.1, 0.15) is 33.6 Å². The molecule has 7 aromatic heterocycles. The first-order valence-electron chi connectivity index (χ1n) is 44.2. The highest BCUT2D eigenvalue weighted by Crippen LogP contribution is 2.44. The molecular formula is C89H104N24O16S6. The highest BCUT2D eigenvalue weighted by molar-refractivity contribution is 7.90. The quantitative estimate of drug-likeness (QED) is 0.0333. The summed E-state index contributed by atoms with van der Waals surface area (Å²) in [6, 6.07) is 10.3. The van der Waals surface area contributed by atoms with Gasteiger partial charge in [0.05, 0.1) is 13.1 Å². The van der Waals surface area contributed by atoms with E-state index in [1.165, 1.54) is 146 Å².